The first kappa shape index (κ1) is 9.66. The number of unbranched alkanes of at least 4 members (excludes halogenated alkanes) is 2. The van der Waals surface area contributed by atoms with E-state index in [2.05, 4.69) is 6.58 Å². The Kier molecular flexibility index (Phi) is 8.37. The molecule has 0 saturated carbocycles. The molecule has 59 valence electrons. The van der Waals surface area contributed by atoms with Gasteiger partial charge in [-0.2, -0.15) is 0 Å². The minimum Gasteiger partial charge on any atom is -0.379 e. The molecule has 0 spiro atoms. The van der Waals surface area contributed by atoms with Crippen molar-refractivity contribution in [1.29, 1.82) is 0 Å². The van der Waals surface area contributed by atoms with Gasteiger partial charge in [0.05, 0.1) is 6.61 Å². The Balaban J connectivity index is 2.70. The zero-order valence-corrected chi connectivity index (χ0v) is 6.34. The van der Waals surface area contributed by atoms with Gasteiger partial charge in [-0.25, -0.2) is 5.11 Å². The normalized spacial score (nSPS) is 9.70. The number of allylic oxidation sites excluding steroid dienone is 1. The van der Waals surface area contributed by atoms with E-state index in [1.807, 2.05) is 6.08 Å². The van der Waals surface area contributed by atoms with E-state index < -0.39 is 0 Å². The van der Waals surface area contributed by atoms with Crippen molar-refractivity contribution in [3.63, 3.8) is 0 Å². The lowest BCUT2D eigenvalue weighted by molar-refractivity contribution is 0.0621. The van der Waals surface area contributed by atoms with Gasteiger partial charge in [0.15, 0.2) is 0 Å². The van der Waals surface area contributed by atoms with Crippen LogP contribution in [0.5, 0.6) is 0 Å². The molecular formula is C8H15O2. The molecule has 0 aromatic heterocycles. The van der Waals surface area contributed by atoms with Crippen molar-refractivity contribution in [2.75, 3.05) is 19.8 Å². The van der Waals surface area contributed by atoms with Gasteiger partial charge in [-0.15, -0.1) is 6.58 Å². The average molecular weight is 143 g/mol. The van der Waals surface area contributed by atoms with Crippen LogP contribution in [0.1, 0.15) is 19.3 Å². The Morgan fingerprint density at radius 3 is 2.70 bits per heavy atom. The summed E-state index contributed by atoms with van der Waals surface area (Å²) in [7, 11) is 0. The third-order valence-electron chi connectivity index (χ3n) is 1.17. The van der Waals surface area contributed by atoms with Gasteiger partial charge in [0.25, 0.3) is 0 Å². The van der Waals surface area contributed by atoms with Gasteiger partial charge in [-0.05, 0) is 19.3 Å². The Bertz CT molecular complexity index is 71.7. The molecule has 0 aliphatic rings. The van der Waals surface area contributed by atoms with Crippen molar-refractivity contribution in [3.8, 4) is 0 Å². The van der Waals surface area contributed by atoms with E-state index in [0.717, 1.165) is 25.9 Å². The third-order valence-corrected chi connectivity index (χ3v) is 1.17. The fourth-order valence-electron chi connectivity index (χ4n) is 0.654. The van der Waals surface area contributed by atoms with Crippen molar-refractivity contribution in [3.05, 3.63) is 12.7 Å². The molecule has 0 aromatic carbocycles. The maximum Gasteiger partial charge on any atom is 0.106 e. The van der Waals surface area contributed by atoms with Crippen LogP contribution >= 0.6 is 0 Å². The molecular weight excluding hydrogens is 128 g/mol. The summed E-state index contributed by atoms with van der Waals surface area (Å²) in [6.07, 6.45) is 5.09. The number of hydrogen-bond acceptors (Lipinski definition) is 1. The van der Waals surface area contributed by atoms with Gasteiger partial charge in [0.1, 0.15) is 6.61 Å². The molecule has 0 aliphatic carbocycles. The number of hydrogen-bond donors (Lipinski definition) is 0. The second-order valence-electron chi connectivity index (χ2n) is 2.10. The van der Waals surface area contributed by atoms with Crippen LogP contribution < -0.4 is 0 Å². The lowest BCUT2D eigenvalue weighted by Crippen LogP contribution is -1.99. The molecule has 0 bridgehead atoms. The molecule has 2 heteroatoms. The third kappa shape index (κ3) is 7.66. The highest BCUT2D eigenvalue weighted by Crippen LogP contribution is 1.95. The van der Waals surface area contributed by atoms with Gasteiger partial charge in [-0.3, -0.25) is 0 Å². The lowest BCUT2D eigenvalue weighted by Gasteiger charge is -1.98. The summed E-state index contributed by atoms with van der Waals surface area (Å²) < 4.78 is 4.98. The second-order valence-corrected chi connectivity index (χ2v) is 2.10. The lowest BCUT2D eigenvalue weighted by atomic mass is 10.2. The fourth-order valence-corrected chi connectivity index (χ4v) is 0.654. The predicted octanol–water partition coefficient (Wildman–Crippen LogP) is 1.79. The van der Waals surface area contributed by atoms with Crippen molar-refractivity contribution >= 4 is 0 Å². The largest absolute Gasteiger partial charge is 0.379 e. The van der Waals surface area contributed by atoms with Crippen molar-refractivity contribution < 1.29 is 9.84 Å². The molecule has 0 heterocycles. The molecule has 0 aliphatic heterocycles. The van der Waals surface area contributed by atoms with Crippen LogP contribution in [0.2, 0.25) is 0 Å². The van der Waals surface area contributed by atoms with Gasteiger partial charge < -0.3 is 4.74 Å². The molecule has 0 rings (SSSR count). The number of rotatable bonds is 7. The minimum absolute atomic E-state index is 0.124. The van der Waals surface area contributed by atoms with E-state index in [-0.39, 0.29) is 6.61 Å². The molecule has 0 fully saturated rings. The predicted molar refractivity (Wildman–Crippen MR) is 40.4 cm³/mol. The first-order valence-electron chi connectivity index (χ1n) is 3.68. The standard InChI is InChI=1S/C8H15O2/c1-2-3-4-5-7-10-8-6-9/h2H,1,3-8H2. The topological polar surface area (TPSA) is 29.1 Å². The molecule has 0 unspecified atom stereocenters. The molecule has 0 N–H and O–H groups in total. The first-order chi connectivity index (χ1) is 4.91. The molecule has 2 nitrogen and oxygen atoms in total. The summed E-state index contributed by atoms with van der Waals surface area (Å²) in [5.41, 5.74) is 0. The molecule has 10 heavy (non-hydrogen) atoms. The van der Waals surface area contributed by atoms with Crippen LogP contribution in [0.3, 0.4) is 0 Å². The Morgan fingerprint density at radius 2 is 2.10 bits per heavy atom. The van der Waals surface area contributed by atoms with Crippen LogP contribution in [0, 0.1) is 0 Å². The monoisotopic (exact) mass is 143 g/mol. The van der Waals surface area contributed by atoms with Crippen LogP contribution in [-0.2, 0) is 9.84 Å². The quantitative estimate of drug-likeness (QED) is 0.394. The highest BCUT2D eigenvalue weighted by molar-refractivity contribution is 4.64. The second kappa shape index (κ2) is 8.66. The highest BCUT2D eigenvalue weighted by Gasteiger charge is 1.86. The van der Waals surface area contributed by atoms with Crippen molar-refractivity contribution in [1.82, 2.24) is 0 Å². The maximum absolute atomic E-state index is 9.88. The van der Waals surface area contributed by atoms with E-state index in [1.165, 1.54) is 0 Å². The average Bonchev–Trinajstić information content (AvgIpc) is 1.97. The molecule has 0 atom stereocenters. The van der Waals surface area contributed by atoms with Crippen LogP contribution in [-0.4, -0.2) is 19.8 Å². The van der Waals surface area contributed by atoms with E-state index in [4.69, 9.17) is 4.74 Å². The fraction of sp³-hybridized carbons (Fsp3) is 0.750. The minimum atomic E-state index is -0.124. The SMILES string of the molecule is C=CCCCCOCC[O]. The van der Waals surface area contributed by atoms with Gasteiger partial charge in [0, 0.05) is 6.61 Å². The summed E-state index contributed by atoms with van der Waals surface area (Å²) in [5.74, 6) is 0. The van der Waals surface area contributed by atoms with E-state index in [0.29, 0.717) is 6.61 Å². The summed E-state index contributed by atoms with van der Waals surface area (Å²) in [4.78, 5) is 0. The van der Waals surface area contributed by atoms with Gasteiger partial charge >= 0.3 is 0 Å². The summed E-state index contributed by atoms with van der Waals surface area (Å²) in [6, 6.07) is 0. The Labute approximate surface area is 62.5 Å². The van der Waals surface area contributed by atoms with E-state index in [9.17, 15) is 5.11 Å². The molecule has 0 saturated heterocycles. The molecule has 0 amide bonds. The summed E-state index contributed by atoms with van der Waals surface area (Å²) in [5, 5.41) is 9.88. The summed E-state index contributed by atoms with van der Waals surface area (Å²) in [6.45, 7) is 4.55. The van der Waals surface area contributed by atoms with E-state index >= 15 is 0 Å². The van der Waals surface area contributed by atoms with Crippen LogP contribution in [0.4, 0.5) is 0 Å². The molecule has 1 radical (unpaired) electrons. The first-order valence-corrected chi connectivity index (χ1v) is 3.68. The zero-order valence-electron chi connectivity index (χ0n) is 6.34. The zero-order chi connectivity index (χ0) is 7.66. The number of ether oxygens (including phenoxy) is 1. The van der Waals surface area contributed by atoms with Gasteiger partial charge in [-0.1, -0.05) is 6.08 Å². The smallest absolute Gasteiger partial charge is 0.106 e. The Morgan fingerprint density at radius 1 is 1.30 bits per heavy atom. The van der Waals surface area contributed by atoms with E-state index in [1.54, 1.807) is 0 Å². The highest BCUT2D eigenvalue weighted by atomic mass is 16.5. The van der Waals surface area contributed by atoms with Crippen LogP contribution in [0.25, 0.3) is 0 Å². The van der Waals surface area contributed by atoms with Crippen LogP contribution in [0.15, 0.2) is 12.7 Å². The maximum atomic E-state index is 9.88. The summed E-state index contributed by atoms with van der Waals surface area (Å²) >= 11 is 0. The van der Waals surface area contributed by atoms with Crippen molar-refractivity contribution in [2.45, 2.75) is 19.3 Å². The van der Waals surface area contributed by atoms with Gasteiger partial charge in [0.2, 0.25) is 0 Å². The van der Waals surface area contributed by atoms with Crippen molar-refractivity contribution in [2.24, 2.45) is 0 Å². The Hall–Kier alpha value is -0.340. The molecule has 0 aromatic rings.